The third kappa shape index (κ3) is 4.40. The Balaban J connectivity index is 1.49. The van der Waals surface area contributed by atoms with E-state index < -0.39 is 11.5 Å². The molecule has 0 unspecified atom stereocenters. The summed E-state index contributed by atoms with van der Waals surface area (Å²) >= 11 is 0. The van der Waals surface area contributed by atoms with Crippen molar-refractivity contribution in [3.05, 3.63) is 23.8 Å². The van der Waals surface area contributed by atoms with Crippen molar-refractivity contribution in [2.45, 2.75) is 64.0 Å². The molecule has 4 rings (SSSR count). The monoisotopic (exact) mass is 440 g/mol. The molecule has 8 nitrogen and oxygen atoms in total. The van der Waals surface area contributed by atoms with Gasteiger partial charge in [-0.2, -0.15) is 5.26 Å². The number of hydrogen-bond donors (Lipinski definition) is 2. The number of rotatable bonds is 4. The van der Waals surface area contributed by atoms with Crippen molar-refractivity contribution in [3.63, 3.8) is 0 Å². The number of ether oxygens (including phenoxy) is 1. The number of anilines is 2. The van der Waals surface area contributed by atoms with Crippen LogP contribution in [0.3, 0.4) is 0 Å². The van der Waals surface area contributed by atoms with Gasteiger partial charge >= 0.3 is 6.09 Å². The fourth-order valence-corrected chi connectivity index (χ4v) is 5.55. The van der Waals surface area contributed by atoms with Crippen LogP contribution in [0.4, 0.5) is 16.2 Å². The van der Waals surface area contributed by atoms with Gasteiger partial charge in [-0.1, -0.05) is 0 Å². The van der Waals surface area contributed by atoms with E-state index in [1.54, 1.807) is 19.1 Å². The van der Waals surface area contributed by atoms with Gasteiger partial charge in [-0.25, -0.2) is 4.79 Å². The number of aliphatic hydroxyl groups excluding tert-OH is 1. The lowest BCUT2D eigenvalue weighted by Crippen LogP contribution is -2.50. The number of nitrogens with zero attached hydrogens (tertiary/aromatic N) is 3. The first-order valence-electron chi connectivity index (χ1n) is 11.7. The maximum Gasteiger partial charge on any atom is 0.411 e. The molecule has 1 spiro atoms. The zero-order valence-electron chi connectivity index (χ0n) is 18.7. The molecule has 1 aromatic carbocycles. The number of nitrogens with one attached hydrogen (secondary N) is 1. The summed E-state index contributed by atoms with van der Waals surface area (Å²) in [6, 6.07) is 7.75. The van der Waals surface area contributed by atoms with Crippen LogP contribution in [0.1, 0.15) is 57.4 Å². The van der Waals surface area contributed by atoms with E-state index in [9.17, 15) is 20.0 Å². The minimum Gasteiger partial charge on any atom is -0.450 e. The molecule has 1 saturated carbocycles. The van der Waals surface area contributed by atoms with Gasteiger partial charge in [0.25, 0.3) is 0 Å². The highest BCUT2D eigenvalue weighted by Crippen LogP contribution is 2.44. The molecule has 2 heterocycles. The lowest BCUT2D eigenvalue weighted by atomic mass is 9.78. The molecule has 3 fully saturated rings. The molecule has 2 aliphatic heterocycles. The zero-order valence-corrected chi connectivity index (χ0v) is 18.7. The Morgan fingerprint density at radius 3 is 2.78 bits per heavy atom. The molecule has 2 N–H and O–H groups in total. The fraction of sp³-hybridized carbons (Fsp3) is 0.625. The van der Waals surface area contributed by atoms with Gasteiger partial charge in [0.05, 0.1) is 29.4 Å². The quantitative estimate of drug-likeness (QED) is 0.745. The van der Waals surface area contributed by atoms with Crippen LogP contribution in [0, 0.1) is 16.7 Å². The first kappa shape index (κ1) is 22.4. The lowest BCUT2D eigenvalue weighted by Gasteiger charge is -2.41. The van der Waals surface area contributed by atoms with Crippen LogP contribution in [0.5, 0.6) is 0 Å². The van der Waals surface area contributed by atoms with E-state index in [2.05, 4.69) is 21.2 Å². The first-order valence-corrected chi connectivity index (χ1v) is 11.7. The van der Waals surface area contributed by atoms with Crippen LogP contribution < -0.4 is 10.2 Å². The van der Waals surface area contributed by atoms with Crippen LogP contribution in [0.25, 0.3) is 0 Å². The number of nitriles is 1. The van der Waals surface area contributed by atoms with Gasteiger partial charge in [-0.05, 0) is 70.1 Å². The van der Waals surface area contributed by atoms with E-state index in [1.165, 1.54) is 0 Å². The summed E-state index contributed by atoms with van der Waals surface area (Å²) in [7, 11) is 0. The molecule has 8 heteroatoms. The van der Waals surface area contributed by atoms with Crippen LogP contribution in [0.2, 0.25) is 0 Å². The number of benzene rings is 1. The van der Waals surface area contributed by atoms with E-state index in [0.717, 1.165) is 63.7 Å². The summed E-state index contributed by atoms with van der Waals surface area (Å²) in [5, 5.41) is 22.2. The topological polar surface area (TPSA) is 106 Å². The zero-order chi connectivity index (χ0) is 22.7. The third-order valence-corrected chi connectivity index (χ3v) is 7.21. The van der Waals surface area contributed by atoms with Crippen molar-refractivity contribution >= 4 is 23.4 Å². The second-order valence-corrected chi connectivity index (χ2v) is 9.21. The molecule has 0 radical (unpaired) electrons. The van der Waals surface area contributed by atoms with Gasteiger partial charge in [0.2, 0.25) is 5.91 Å². The molecule has 2 amide bonds. The van der Waals surface area contributed by atoms with Gasteiger partial charge in [0.15, 0.2) is 0 Å². The molecular formula is C24H32N4O4. The number of hydrogen-bond acceptors (Lipinski definition) is 6. The third-order valence-electron chi connectivity index (χ3n) is 7.21. The molecule has 0 aromatic heterocycles. The van der Waals surface area contributed by atoms with Crippen molar-refractivity contribution in [3.8, 4) is 6.07 Å². The Bertz CT molecular complexity index is 906. The van der Waals surface area contributed by atoms with Crippen LogP contribution in [0.15, 0.2) is 18.2 Å². The molecule has 2 saturated heterocycles. The predicted octanol–water partition coefficient (Wildman–Crippen LogP) is 3.25. The van der Waals surface area contributed by atoms with E-state index >= 15 is 0 Å². The average Bonchev–Trinajstić information content (AvgIpc) is 3.09. The van der Waals surface area contributed by atoms with Gasteiger partial charge in [0.1, 0.15) is 6.07 Å². The molecule has 0 bridgehead atoms. The largest absolute Gasteiger partial charge is 0.450 e. The summed E-state index contributed by atoms with van der Waals surface area (Å²) in [4.78, 5) is 29.5. The number of piperidine rings is 1. The van der Waals surface area contributed by atoms with Crippen LogP contribution in [-0.2, 0) is 9.53 Å². The summed E-state index contributed by atoms with van der Waals surface area (Å²) in [6.45, 7) is 4.19. The Kier molecular flexibility index (Phi) is 6.56. The van der Waals surface area contributed by atoms with Crippen molar-refractivity contribution in [1.29, 1.82) is 5.26 Å². The van der Waals surface area contributed by atoms with Gasteiger partial charge in [-0.3, -0.25) is 10.1 Å². The van der Waals surface area contributed by atoms with Gasteiger partial charge < -0.3 is 19.6 Å². The van der Waals surface area contributed by atoms with Gasteiger partial charge in [0, 0.05) is 31.4 Å². The maximum atomic E-state index is 13.5. The minimum absolute atomic E-state index is 0.228. The van der Waals surface area contributed by atoms with Crippen LogP contribution in [-0.4, -0.2) is 60.4 Å². The van der Waals surface area contributed by atoms with E-state index in [-0.39, 0.29) is 24.7 Å². The van der Waals surface area contributed by atoms with Gasteiger partial charge in [-0.15, -0.1) is 0 Å². The Labute approximate surface area is 189 Å². The maximum absolute atomic E-state index is 13.5. The molecule has 32 heavy (non-hydrogen) atoms. The standard InChI is InChI=1S/C24H32N4O4/c1-2-32-23(31)26-18-4-9-21(17(14-18)15-25)27-12-3-10-24(16-27)11-13-28(22(24)30)19-5-7-20(29)8-6-19/h4,9,14,19-20,29H,2-3,5-8,10-13,16H2,1H3,(H,26,31)/t19-,20-,24-/m1/s1. The second-order valence-electron chi connectivity index (χ2n) is 9.21. The number of aliphatic hydroxyl groups is 1. The minimum atomic E-state index is -0.548. The fourth-order valence-electron chi connectivity index (χ4n) is 5.55. The predicted molar refractivity (Wildman–Crippen MR) is 120 cm³/mol. The lowest BCUT2D eigenvalue weighted by molar-refractivity contribution is -0.139. The summed E-state index contributed by atoms with van der Waals surface area (Å²) in [5.41, 5.74) is 1.38. The number of carbonyl (C=O) groups is 2. The molecule has 1 aromatic rings. The van der Waals surface area contributed by atoms with Crippen LogP contribution >= 0.6 is 0 Å². The summed E-state index contributed by atoms with van der Waals surface area (Å²) < 4.78 is 4.91. The SMILES string of the molecule is CCOC(=O)Nc1ccc(N2CCC[C@@]3(CCN([C@H]4CC[C@H](O)CC4)C3=O)C2)c(C#N)c1. The second kappa shape index (κ2) is 9.37. The van der Waals surface area contributed by atoms with E-state index in [4.69, 9.17) is 4.74 Å². The van der Waals surface area contributed by atoms with Crippen molar-refractivity contribution in [2.24, 2.45) is 5.41 Å². The Morgan fingerprint density at radius 1 is 1.28 bits per heavy atom. The van der Waals surface area contributed by atoms with Crippen molar-refractivity contribution in [2.75, 3.05) is 36.5 Å². The Hall–Kier alpha value is -2.79. The summed E-state index contributed by atoms with van der Waals surface area (Å²) in [5.74, 6) is 0.239. The van der Waals surface area contributed by atoms with Crippen molar-refractivity contribution < 1.29 is 19.4 Å². The molecule has 1 atom stereocenters. The first-order chi connectivity index (χ1) is 15.5. The Morgan fingerprint density at radius 2 is 2.06 bits per heavy atom. The highest BCUT2D eigenvalue weighted by molar-refractivity contribution is 5.87. The summed E-state index contributed by atoms with van der Waals surface area (Å²) in [6.07, 6.45) is 5.12. The molecular weight excluding hydrogens is 408 g/mol. The number of amides is 2. The normalized spacial score (nSPS) is 28.0. The van der Waals surface area contributed by atoms with E-state index in [0.29, 0.717) is 17.8 Å². The number of likely N-dealkylation sites (tertiary alicyclic amines) is 1. The van der Waals surface area contributed by atoms with Crippen molar-refractivity contribution in [1.82, 2.24) is 4.90 Å². The van der Waals surface area contributed by atoms with E-state index in [1.807, 2.05) is 6.07 Å². The highest BCUT2D eigenvalue weighted by atomic mass is 16.5. The highest BCUT2D eigenvalue weighted by Gasteiger charge is 2.50. The molecule has 172 valence electrons. The molecule has 3 aliphatic rings. The smallest absolute Gasteiger partial charge is 0.411 e. The number of carbonyl (C=O) groups excluding carboxylic acids is 2. The average molecular weight is 441 g/mol. The molecule has 1 aliphatic carbocycles.